The van der Waals surface area contributed by atoms with E-state index in [9.17, 15) is 0 Å². The van der Waals surface area contributed by atoms with Crippen LogP contribution in [-0.4, -0.2) is 16.3 Å². The van der Waals surface area contributed by atoms with E-state index >= 15 is 0 Å². The molecule has 0 spiro atoms. The predicted molar refractivity (Wildman–Crippen MR) is 75.4 cm³/mol. The molecule has 1 aromatic heterocycles. The van der Waals surface area contributed by atoms with Crippen molar-refractivity contribution in [2.24, 2.45) is 7.05 Å². The first-order valence-electron chi connectivity index (χ1n) is 6.51. The molecule has 18 heavy (non-hydrogen) atoms. The maximum Gasteiger partial charge on any atom is 0.0571 e. The fraction of sp³-hybridized carbons (Fsp3) is 0.400. The molecule has 0 unspecified atom stereocenters. The molecule has 3 heteroatoms. The lowest BCUT2D eigenvalue weighted by Gasteiger charge is -2.05. The molecule has 2 rings (SSSR count). The SMILES string of the molecule is CCCNCc1ccc(-c2cnn(C)c2C)cc1. The van der Waals surface area contributed by atoms with Gasteiger partial charge in [0.1, 0.15) is 0 Å². The molecule has 96 valence electrons. The van der Waals surface area contributed by atoms with Crippen molar-refractivity contribution in [2.45, 2.75) is 26.8 Å². The van der Waals surface area contributed by atoms with E-state index in [2.05, 4.69) is 48.5 Å². The van der Waals surface area contributed by atoms with Crippen molar-refractivity contribution < 1.29 is 0 Å². The average Bonchev–Trinajstić information content (AvgIpc) is 2.72. The monoisotopic (exact) mass is 243 g/mol. The second-order valence-corrected chi connectivity index (χ2v) is 4.64. The van der Waals surface area contributed by atoms with Crippen molar-refractivity contribution in [2.75, 3.05) is 6.54 Å². The maximum atomic E-state index is 4.28. The van der Waals surface area contributed by atoms with E-state index in [1.165, 1.54) is 28.8 Å². The van der Waals surface area contributed by atoms with Gasteiger partial charge in [-0.2, -0.15) is 5.10 Å². The van der Waals surface area contributed by atoms with Crippen molar-refractivity contribution in [3.05, 3.63) is 41.7 Å². The van der Waals surface area contributed by atoms with Gasteiger partial charge in [0.15, 0.2) is 0 Å². The summed E-state index contributed by atoms with van der Waals surface area (Å²) in [7, 11) is 1.97. The predicted octanol–water partition coefficient (Wildman–Crippen LogP) is 2.90. The Hall–Kier alpha value is -1.61. The summed E-state index contributed by atoms with van der Waals surface area (Å²) < 4.78 is 1.91. The summed E-state index contributed by atoms with van der Waals surface area (Å²) in [6, 6.07) is 8.72. The number of aryl methyl sites for hydroxylation is 1. The fourth-order valence-corrected chi connectivity index (χ4v) is 1.99. The summed E-state index contributed by atoms with van der Waals surface area (Å²) in [5, 5.41) is 7.69. The van der Waals surface area contributed by atoms with Crippen LogP contribution in [0.4, 0.5) is 0 Å². The van der Waals surface area contributed by atoms with Crippen LogP contribution in [0.2, 0.25) is 0 Å². The first-order chi connectivity index (χ1) is 8.72. The number of rotatable bonds is 5. The lowest BCUT2D eigenvalue weighted by Crippen LogP contribution is -2.13. The first kappa shape index (κ1) is 12.8. The second-order valence-electron chi connectivity index (χ2n) is 4.64. The van der Waals surface area contributed by atoms with E-state index < -0.39 is 0 Å². The molecule has 0 saturated carbocycles. The molecular formula is C15H21N3. The summed E-state index contributed by atoms with van der Waals surface area (Å²) >= 11 is 0. The Morgan fingerprint density at radius 1 is 1.22 bits per heavy atom. The van der Waals surface area contributed by atoms with Gasteiger partial charge in [-0.1, -0.05) is 31.2 Å². The lowest BCUT2D eigenvalue weighted by atomic mass is 10.0. The van der Waals surface area contributed by atoms with Crippen LogP contribution < -0.4 is 5.32 Å². The minimum absolute atomic E-state index is 0.945. The van der Waals surface area contributed by atoms with E-state index in [0.29, 0.717) is 0 Å². The van der Waals surface area contributed by atoms with Crippen LogP contribution in [0.5, 0.6) is 0 Å². The molecule has 0 amide bonds. The van der Waals surface area contributed by atoms with E-state index in [-0.39, 0.29) is 0 Å². The number of nitrogens with zero attached hydrogens (tertiary/aromatic N) is 2. The number of hydrogen-bond acceptors (Lipinski definition) is 2. The molecule has 0 aliphatic carbocycles. The van der Waals surface area contributed by atoms with Gasteiger partial charge < -0.3 is 5.32 Å². The Bertz CT molecular complexity index is 497. The summed E-state index contributed by atoms with van der Waals surface area (Å²) in [4.78, 5) is 0. The quantitative estimate of drug-likeness (QED) is 0.818. The Balaban J connectivity index is 2.10. The highest BCUT2D eigenvalue weighted by atomic mass is 15.3. The largest absolute Gasteiger partial charge is 0.313 e. The first-order valence-corrected chi connectivity index (χ1v) is 6.51. The number of hydrogen-bond donors (Lipinski definition) is 1. The normalized spacial score (nSPS) is 10.8. The van der Waals surface area contributed by atoms with Crippen molar-refractivity contribution in [1.82, 2.24) is 15.1 Å². The van der Waals surface area contributed by atoms with Crippen molar-refractivity contribution in [3.63, 3.8) is 0 Å². The molecule has 0 saturated heterocycles. The summed E-state index contributed by atoms with van der Waals surface area (Å²) in [5.41, 5.74) is 4.98. The standard InChI is InChI=1S/C15H21N3/c1-4-9-16-10-13-5-7-14(8-6-13)15-11-17-18(3)12(15)2/h5-8,11,16H,4,9-10H2,1-3H3. The maximum absolute atomic E-state index is 4.28. The zero-order chi connectivity index (χ0) is 13.0. The Kier molecular flexibility index (Phi) is 4.15. The van der Waals surface area contributed by atoms with Crippen molar-refractivity contribution in [1.29, 1.82) is 0 Å². The molecular weight excluding hydrogens is 222 g/mol. The van der Waals surface area contributed by atoms with E-state index in [0.717, 1.165) is 13.1 Å². The second kappa shape index (κ2) is 5.83. The molecule has 0 atom stereocenters. The third-order valence-electron chi connectivity index (χ3n) is 3.26. The van der Waals surface area contributed by atoms with Gasteiger partial charge in [-0.05, 0) is 31.0 Å². The Labute approximate surface area is 109 Å². The molecule has 3 nitrogen and oxygen atoms in total. The zero-order valence-electron chi connectivity index (χ0n) is 11.4. The summed E-state index contributed by atoms with van der Waals surface area (Å²) in [5.74, 6) is 0. The molecule has 1 N–H and O–H groups in total. The highest BCUT2D eigenvalue weighted by Crippen LogP contribution is 2.22. The molecule has 0 radical (unpaired) electrons. The average molecular weight is 243 g/mol. The van der Waals surface area contributed by atoms with Crippen LogP contribution in [0.25, 0.3) is 11.1 Å². The van der Waals surface area contributed by atoms with Crippen LogP contribution in [0.15, 0.2) is 30.5 Å². The smallest absolute Gasteiger partial charge is 0.0571 e. The highest BCUT2D eigenvalue weighted by molar-refractivity contribution is 5.65. The van der Waals surface area contributed by atoms with Crippen LogP contribution in [-0.2, 0) is 13.6 Å². The van der Waals surface area contributed by atoms with Gasteiger partial charge in [-0.15, -0.1) is 0 Å². The van der Waals surface area contributed by atoms with Crippen LogP contribution in [0.3, 0.4) is 0 Å². The third-order valence-corrected chi connectivity index (χ3v) is 3.26. The molecule has 1 heterocycles. The molecule has 0 bridgehead atoms. The number of aromatic nitrogens is 2. The van der Waals surface area contributed by atoms with Gasteiger partial charge >= 0.3 is 0 Å². The van der Waals surface area contributed by atoms with Gasteiger partial charge in [0.05, 0.1) is 6.20 Å². The summed E-state index contributed by atoms with van der Waals surface area (Å²) in [6.45, 7) is 6.30. The number of nitrogens with one attached hydrogen (secondary N) is 1. The molecule has 2 aromatic rings. The fourth-order valence-electron chi connectivity index (χ4n) is 1.99. The minimum atomic E-state index is 0.945. The summed E-state index contributed by atoms with van der Waals surface area (Å²) in [6.07, 6.45) is 3.10. The van der Waals surface area contributed by atoms with Gasteiger partial charge in [-0.3, -0.25) is 4.68 Å². The number of benzene rings is 1. The Morgan fingerprint density at radius 2 is 1.94 bits per heavy atom. The third kappa shape index (κ3) is 2.79. The van der Waals surface area contributed by atoms with Gasteiger partial charge in [-0.25, -0.2) is 0 Å². The lowest BCUT2D eigenvalue weighted by molar-refractivity contribution is 0.675. The van der Waals surface area contributed by atoms with Crippen molar-refractivity contribution in [3.8, 4) is 11.1 Å². The molecule has 0 fully saturated rings. The van der Waals surface area contributed by atoms with E-state index in [4.69, 9.17) is 0 Å². The highest BCUT2D eigenvalue weighted by Gasteiger charge is 2.05. The minimum Gasteiger partial charge on any atom is -0.313 e. The van der Waals surface area contributed by atoms with E-state index in [1.807, 2.05) is 17.9 Å². The van der Waals surface area contributed by atoms with Gasteiger partial charge in [0.2, 0.25) is 0 Å². The zero-order valence-corrected chi connectivity index (χ0v) is 11.4. The Morgan fingerprint density at radius 3 is 2.50 bits per heavy atom. The van der Waals surface area contributed by atoms with Crippen molar-refractivity contribution >= 4 is 0 Å². The molecule has 0 aliphatic rings. The van der Waals surface area contributed by atoms with E-state index in [1.54, 1.807) is 0 Å². The topological polar surface area (TPSA) is 29.9 Å². The van der Waals surface area contributed by atoms with Gasteiger partial charge in [0, 0.05) is 24.8 Å². The molecule has 0 aliphatic heterocycles. The van der Waals surface area contributed by atoms with Crippen LogP contribution >= 0.6 is 0 Å². The molecule has 1 aromatic carbocycles. The van der Waals surface area contributed by atoms with Crippen LogP contribution in [0.1, 0.15) is 24.6 Å². The van der Waals surface area contributed by atoms with Crippen LogP contribution in [0, 0.1) is 6.92 Å². The van der Waals surface area contributed by atoms with Gasteiger partial charge in [0.25, 0.3) is 0 Å².